The number of carbonyl (C=O) groups is 2. The number of hydrogen-bond donors (Lipinski definition) is 1. The molecule has 0 saturated heterocycles. The number of nitrogens with zero attached hydrogens (tertiary/aromatic N) is 5. The molecule has 11 heteroatoms. The molecule has 1 aromatic carbocycles. The highest BCUT2D eigenvalue weighted by Gasteiger charge is 2.35. The van der Waals surface area contributed by atoms with Gasteiger partial charge in [0.2, 0.25) is 11.7 Å². The van der Waals surface area contributed by atoms with Crippen molar-refractivity contribution in [3.63, 3.8) is 0 Å². The summed E-state index contributed by atoms with van der Waals surface area (Å²) in [7, 11) is 1.59. The average Bonchev–Trinajstić information content (AvgIpc) is 3.73. The molecule has 3 heterocycles. The zero-order valence-electron chi connectivity index (χ0n) is 21.4. The third kappa shape index (κ3) is 5.77. The lowest BCUT2D eigenvalue weighted by atomic mass is 10.1. The monoisotopic (exact) mass is 518 g/mol. The molecule has 198 valence electrons. The van der Waals surface area contributed by atoms with Gasteiger partial charge in [0.1, 0.15) is 23.8 Å². The van der Waals surface area contributed by atoms with Crippen molar-refractivity contribution in [2.45, 2.75) is 57.8 Å². The van der Waals surface area contributed by atoms with Crippen molar-refractivity contribution in [3.05, 3.63) is 71.9 Å². The number of carbonyl (C=O) groups excluding carboxylic acids is 2. The van der Waals surface area contributed by atoms with Gasteiger partial charge in [0.15, 0.2) is 11.8 Å². The van der Waals surface area contributed by atoms with Gasteiger partial charge < -0.3 is 23.8 Å². The number of ether oxygens (including phenoxy) is 1. The van der Waals surface area contributed by atoms with E-state index in [2.05, 4.69) is 20.7 Å². The predicted molar refractivity (Wildman–Crippen MR) is 136 cm³/mol. The summed E-state index contributed by atoms with van der Waals surface area (Å²) in [6, 6.07) is 13.4. The third-order valence-corrected chi connectivity index (χ3v) is 6.60. The standard InChI is InChI=1S/C27H30N6O5/c1-18-9-14-23(38-18)26-29-31-33(30-26)17-24(34)32(16-19-10-12-21(36-2)13-11-19)25(22-8-5-15-37-22)27(35)28-20-6-3-4-7-20/h5,8-15,20,25H,3-4,6-7,16-17H2,1-2H3,(H,28,35)/t25-/m1/s1. The number of amides is 2. The second-order valence-electron chi connectivity index (χ2n) is 9.33. The fourth-order valence-electron chi connectivity index (χ4n) is 4.65. The normalized spacial score (nSPS) is 14.4. The highest BCUT2D eigenvalue weighted by atomic mass is 16.5. The first kappa shape index (κ1) is 25.2. The first-order chi connectivity index (χ1) is 18.5. The molecule has 5 rings (SSSR count). The van der Waals surface area contributed by atoms with E-state index in [-0.39, 0.29) is 36.8 Å². The van der Waals surface area contributed by atoms with Crippen molar-refractivity contribution in [1.82, 2.24) is 30.4 Å². The van der Waals surface area contributed by atoms with Crippen LogP contribution in [-0.4, -0.2) is 50.1 Å². The summed E-state index contributed by atoms with van der Waals surface area (Å²) in [5, 5.41) is 15.5. The zero-order chi connectivity index (χ0) is 26.5. The number of tetrazole rings is 1. The van der Waals surface area contributed by atoms with Gasteiger partial charge in [0.05, 0.1) is 13.4 Å². The molecule has 0 bridgehead atoms. The molecule has 38 heavy (non-hydrogen) atoms. The molecule has 4 aromatic rings. The number of aromatic nitrogens is 4. The van der Waals surface area contributed by atoms with E-state index in [0.29, 0.717) is 23.0 Å². The van der Waals surface area contributed by atoms with Crippen LogP contribution in [0.5, 0.6) is 5.75 Å². The van der Waals surface area contributed by atoms with Gasteiger partial charge in [-0.25, -0.2) is 0 Å². The lowest BCUT2D eigenvalue weighted by Crippen LogP contribution is -2.46. The van der Waals surface area contributed by atoms with E-state index in [0.717, 1.165) is 31.2 Å². The van der Waals surface area contributed by atoms with Crippen LogP contribution in [0.25, 0.3) is 11.6 Å². The Kier molecular flexibility index (Phi) is 7.52. The van der Waals surface area contributed by atoms with Gasteiger partial charge in [-0.3, -0.25) is 9.59 Å². The van der Waals surface area contributed by atoms with Gasteiger partial charge in [-0.05, 0) is 66.9 Å². The number of hydrogen-bond acceptors (Lipinski definition) is 8. The average molecular weight is 519 g/mol. The van der Waals surface area contributed by atoms with Crippen LogP contribution in [0.3, 0.4) is 0 Å². The summed E-state index contributed by atoms with van der Waals surface area (Å²) in [5.41, 5.74) is 0.822. The second kappa shape index (κ2) is 11.3. The number of benzene rings is 1. The molecule has 1 saturated carbocycles. The first-order valence-corrected chi connectivity index (χ1v) is 12.6. The largest absolute Gasteiger partial charge is 0.497 e. The van der Waals surface area contributed by atoms with Gasteiger partial charge in [-0.2, -0.15) is 4.80 Å². The number of furan rings is 2. The minimum Gasteiger partial charge on any atom is -0.497 e. The third-order valence-electron chi connectivity index (χ3n) is 6.60. The molecule has 3 aromatic heterocycles. The maximum atomic E-state index is 13.8. The number of rotatable bonds is 10. The van der Waals surface area contributed by atoms with Crippen molar-refractivity contribution < 1.29 is 23.2 Å². The summed E-state index contributed by atoms with van der Waals surface area (Å²) in [6.07, 6.45) is 5.47. The van der Waals surface area contributed by atoms with E-state index in [1.54, 1.807) is 31.4 Å². The van der Waals surface area contributed by atoms with Crippen molar-refractivity contribution in [1.29, 1.82) is 0 Å². The Morgan fingerprint density at radius 3 is 2.61 bits per heavy atom. The minimum absolute atomic E-state index is 0.0780. The van der Waals surface area contributed by atoms with Crippen LogP contribution in [0.2, 0.25) is 0 Å². The molecule has 11 nitrogen and oxygen atoms in total. The van der Waals surface area contributed by atoms with Crippen molar-refractivity contribution in [2.24, 2.45) is 0 Å². The van der Waals surface area contributed by atoms with E-state index in [1.807, 2.05) is 31.2 Å². The lowest BCUT2D eigenvalue weighted by Gasteiger charge is -2.30. The molecule has 1 atom stereocenters. The molecular weight excluding hydrogens is 488 g/mol. The molecular formula is C27H30N6O5. The molecule has 0 spiro atoms. The maximum absolute atomic E-state index is 13.8. The Morgan fingerprint density at radius 1 is 1.16 bits per heavy atom. The van der Waals surface area contributed by atoms with Gasteiger partial charge in [0, 0.05) is 12.6 Å². The first-order valence-electron chi connectivity index (χ1n) is 12.6. The Balaban J connectivity index is 1.43. The van der Waals surface area contributed by atoms with E-state index < -0.39 is 6.04 Å². The van der Waals surface area contributed by atoms with Gasteiger partial charge >= 0.3 is 0 Å². The summed E-state index contributed by atoms with van der Waals surface area (Å²) in [6.45, 7) is 1.75. The quantitative estimate of drug-likeness (QED) is 0.337. The molecule has 0 aliphatic heterocycles. The Hall–Kier alpha value is -4.41. The highest BCUT2D eigenvalue weighted by Crippen LogP contribution is 2.27. The van der Waals surface area contributed by atoms with Crippen LogP contribution in [-0.2, 0) is 22.7 Å². The van der Waals surface area contributed by atoms with Crippen molar-refractivity contribution in [2.75, 3.05) is 7.11 Å². The summed E-state index contributed by atoms with van der Waals surface area (Å²) in [5.74, 6) is 1.86. The number of methoxy groups -OCH3 is 1. The molecule has 1 fully saturated rings. The van der Waals surface area contributed by atoms with Crippen LogP contribution in [0, 0.1) is 6.92 Å². The molecule has 1 aliphatic carbocycles. The van der Waals surface area contributed by atoms with Crippen LogP contribution in [0.15, 0.2) is 63.6 Å². The highest BCUT2D eigenvalue weighted by molar-refractivity contribution is 5.88. The van der Waals surface area contributed by atoms with Gasteiger partial charge in [-0.15, -0.1) is 10.2 Å². The summed E-state index contributed by atoms with van der Waals surface area (Å²) < 4.78 is 16.5. The van der Waals surface area contributed by atoms with Crippen LogP contribution in [0.4, 0.5) is 0 Å². The van der Waals surface area contributed by atoms with Gasteiger partial charge in [-0.1, -0.05) is 25.0 Å². The summed E-state index contributed by atoms with van der Waals surface area (Å²) >= 11 is 0. The van der Waals surface area contributed by atoms with Crippen molar-refractivity contribution >= 4 is 11.8 Å². The Morgan fingerprint density at radius 2 is 1.95 bits per heavy atom. The molecule has 0 unspecified atom stereocenters. The van der Waals surface area contributed by atoms with E-state index >= 15 is 0 Å². The second-order valence-corrected chi connectivity index (χ2v) is 9.33. The molecule has 1 N–H and O–H groups in total. The van der Waals surface area contributed by atoms with Crippen LogP contribution in [0.1, 0.15) is 48.8 Å². The molecule has 1 aliphatic rings. The van der Waals surface area contributed by atoms with E-state index in [4.69, 9.17) is 13.6 Å². The maximum Gasteiger partial charge on any atom is 0.250 e. The lowest BCUT2D eigenvalue weighted by molar-refractivity contribution is -0.143. The SMILES string of the molecule is COc1ccc(CN(C(=O)Cn2nnc(-c3ccc(C)o3)n2)[C@@H](C(=O)NC2CCCC2)c2ccco2)cc1. The predicted octanol–water partition coefficient (Wildman–Crippen LogP) is 3.67. The van der Waals surface area contributed by atoms with Gasteiger partial charge in [0.25, 0.3) is 5.91 Å². The van der Waals surface area contributed by atoms with E-state index in [9.17, 15) is 9.59 Å². The fourth-order valence-corrected chi connectivity index (χ4v) is 4.65. The number of nitrogens with one attached hydrogen (secondary N) is 1. The zero-order valence-corrected chi connectivity index (χ0v) is 21.4. The van der Waals surface area contributed by atoms with Crippen LogP contribution < -0.4 is 10.1 Å². The fraction of sp³-hybridized carbons (Fsp3) is 0.370. The Labute approximate surface area is 219 Å². The minimum atomic E-state index is -0.976. The topological polar surface area (TPSA) is 129 Å². The smallest absolute Gasteiger partial charge is 0.250 e. The number of aryl methyl sites for hydroxylation is 1. The summed E-state index contributed by atoms with van der Waals surface area (Å²) in [4.78, 5) is 30.1. The van der Waals surface area contributed by atoms with E-state index in [1.165, 1.54) is 16.0 Å². The molecule has 0 radical (unpaired) electrons. The van der Waals surface area contributed by atoms with Crippen molar-refractivity contribution in [3.8, 4) is 17.3 Å². The Bertz CT molecular complexity index is 1350. The van der Waals surface area contributed by atoms with Crippen LogP contribution >= 0.6 is 0 Å². The molecule has 2 amide bonds.